The number of rotatable bonds is 7. The predicted molar refractivity (Wildman–Crippen MR) is 111 cm³/mol. The molecule has 0 aliphatic rings. The van der Waals surface area contributed by atoms with Crippen LogP contribution in [0.1, 0.15) is 42.0 Å². The Bertz CT molecular complexity index is 908. The molecule has 0 bridgehead atoms. The lowest BCUT2D eigenvalue weighted by Crippen LogP contribution is -1.98. The highest BCUT2D eigenvalue weighted by atomic mass is 19.1. The van der Waals surface area contributed by atoms with Crippen molar-refractivity contribution in [1.29, 1.82) is 0 Å². The van der Waals surface area contributed by atoms with Crippen LogP contribution in [0, 0.1) is 11.6 Å². The van der Waals surface area contributed by atoms with Crippen LogP contribution in [0.25, 0.3) is 12.2 Å². The van der Waals surface area contributed by atoms with Gasteiger partial charge in [0.25, 0.3) is 0 Å². The van der Waals surface area contributed by atoms with Gasteiger partial charge in [-0.3, -0.25) is 0 Å². The Labute approximate surface area is 165 Å². The van der Waals surface area contributed by atoms with Crippen LogP contribution in [0.15, 0.2) is 66.7 Å². The summed E-state index contributed by atoms with van der Waals surface area (Å²) in [5, 5.41) is 0. The van der Waals surface area contributed by atoms with Crippen LogP contribution in [0.3, 0.4) is 0 Å². The van der Waals surface area contributed by atoms with Gasteiger partial charge in [0.15, 0.2) is 17.4 Å². The molecule has 0 saturated heterocycles. The van der Waals surface area contributed by atoms with E-state index in [9.17, 15) is 8.78 Å². The van der Waals surface area contributed by atoms with Gasteiger partial charge in [0.1, 0.15) is 0 Å². The van der Waals surface area contributed by atoms with Gasteiger partial charge in [0.2, 0.25) is 0 Å². The number of benzene rings is 3. The zero-order valence-corrected chi connectivity index (χ0v) is 16.2. The summed E-state index contributed by atoms with van der Waals surface area (Å²) in [5.41, 5.74) is 4.02. The van der Waals surface area contributed by atoms with Crippen molar-refractivity contribution >= 4 is 12.2 Å². The number of ether oxygens (including phenoxy) is 1. The van der Waals surface area contributed by atoms with Gasteiger partial charge in [-0.25, -0.2) is 8.78 Å². The summed E-state index contributed by atoms with van der Waals surface area (Å²) in [5.74, 6) is -1.26. The third-order valence-electron chi connectivity index (χ3n) is 4.67. The van der Waals surface area contributed by atoms with E-state index in [1.165, 1.54) is 23.3 Å². The van der Waals surface area contributed by atoms with Gasteiger partial charge >= 0.3 is 0 Å². The van der Waals surface area contributed by atoms with Crippen LogP contribution in [0.2, 0.25) is 0 Å². The fourth-order valence-electron chi connectivity index (χ4n) is 3.17. The van der Waals surface area contributed by atoms with Crippen LogP contribution in [0.5, 0.6) is 5.75 Å². The first-order valence-corrected chi connectivity index (χ1v) is 9.50. The van der Waals surface area contributed by atoms with Crippen LogP contribution < -0.4 is 4.74 Å². The van der Waals surface area contributed by atoms with Gasteiger partial charge in [0, 0.05) is 0 Å². The zero-order chi connectivity index (χ0) is 19.9. The minimum Gasteiger partial charge on any atom is -0.488 e. The molecule has 3 aromatic carbocycles. The summed E-state index contributed by atoms with van der Waals surface area (Å²) in [4.78, 5) is 0. The van der Waals surface area contributed by atoms with E-state index in [0.717, 1.165) is 12.0 Å². The molecule has 0 aromatic heterocycles. The largest absolute Gasteiger partial charge is 0.488 e. The van der Waals surface area contributed by atoms with E-state index in [0.29, 0.717) is 11.5 Å². The molecule has 0 radical (unpaired) electrons. The highest BCUT2D eigenvalue weighted by Crippen LogP contribution is 2.25. The number of hydrogen-bond acceptors (Lipinski definition) is 1. The molecule has 1 nitrogen and oxygen atoms in total. The number of hydrogen-bond donors (Lipinski definition) is 0. The van der Waals surface area contributed by atoms with Gasteiger partial charge in [-0.15, -0.1) is 0 Å². The minimum absolute atomic E-state index is 0.221. The molecule has 0 aliphatic carbocycles. The normalized spacial score (nSPS) is 12.3. The second kappa shape index (κ2) is 9.32. The van der Waals surface area contributed by atoms with E-state index in [1.807, 2.05) is 24.3 Å². The maximum absolute atomic E-state index is 13.9. The molecule has 3 heteroatoms. The molecule has 28 heavy (non-hydrogen) atoms. The third-order valence-corrected chi connectivity index (χ3v) is 4.67. The molecular formula is C25H24F2O. The van der Waals surface area contributed by atoms with Gasteiger partial charge in [-0.2, -0.15) is 0 Å². The zero-order valence-electron chi connectivity index (χ0n) is 16.2. The molecule has 1 unspecified atom stereocenters. The molecule has 0 spiro atoms. The van der Waals surface area contributed by atoms with Crippen molar-refractivity contribution in [1.82, 2.24) is 0 Å². The molecular weight excluding hydrogens is 354 g/mol. The maximum atomic E-state index is 13.9. The van der Waals surface area contributed by atoms with E-state index in [4.69, 9.17) is 4.74 Å². The van der Waals surface area contributed by atoms with Crippen molar-refractivity contribution in [2.45, 2.75) is 26.2 Å². The second-order valence-corrected chi connectivity index (χ2v) is 6.84. The van der Waals surface area contributed by atoms with Crippen molar-refractivity contribution in [3.63, 3.8) is 0 Å². The SMILES string of the molecule is CCOc1c(F)cc(/C=C/c2ccc(CC(C)c3ccccc3)cc2)cc1F. The molecule has 0 heterocycles. The average molecular weight is 378 g/mol. The second-order valence-electron chi connectivity index (χ2n) is 6.84. The summed E-state index contributed by atoms with van der Waals surface area (Å²) in [6, 6.07) is 21.2. The lowest BCUT2D eigenvalue weighted by atomic mass is 9.93. The van der Waals surface area contributed by atoms with Gasteiger partial charge in [0.05, 0.1) is 6.61 Å². The molecule has 0 aliphatic heterocycles. The molecule has 0 saturated carbocycles. The molecule has 3 rings (SSSR count). The summed E-state index contributed by atoms with van der Waals surface area (Å²) >= 11 is 0. The Morgan fingerprint density at radius 1 is 0.857 bits per heavy atom. The molecule has 0 amide bonds. The monoisotopic (exact) mass is 378 g/mol. The van der Waals surface area contributed by atoms with E-state index in [2.05, 4.69) is 43.3 Å². The van der Waals surface area contributed by atoms with E-state index in [1.54, 1.807) is 13.0 Å². The summed E-state index contributed by atoms with van der Waals surface area (Å²) in [7, 11) is 0. The van der Waals surface area contributed by atoms with Gasteiger partial charge < -0.3 is 4.74 Å². The fraction of sp³-hybridized carbons (Fsp3) is 0.200. The quantitative estimate of drug-likeness (QED) is 0.407. The van der Waals surface area contributed by atoms with Crippen molar-refractivity contribution < 1.29 is 13.5 Å². The fourth-order valence-corrected chi connectivity index (χ4v) is 3.17. The lowest BCUT2D eigenvalue weighted by molar-refractivity contribution is 0.302. The van der Waals surface area contributed by atoms with Crippen molar-refractivity contribution in [3.8, 4) is 5.75 Å². The molecule has 144 valence electrons. The van der Waals surface area contributed by atoms with Crippen LogP contribution in [0.4, 0.5) is 8.78 Å². The first kappa shape index (κ1) is 19.8. The minimum atomic E-state index is -0.688. The Hall–Kier alpha value is -2.94. The first-order chi connectivity index (χ1) is 13.6. The standard InChI is InChI=1S/C25H24F2O/c1-3-28-25-23(26)16-21(17-24(25)27)14-11-19-9-12-20(13-10-19)15-18(2)22-7-5-4-6-8-22/h4-14,16-18H,3,15H2,1-2H3/b14-11+. The molecule has 1 atom stereocenters. The summed E-state index contributed by atoms with van der Waals surface area (Å²) in [6.45, 7) is 4.13. The van der Waals surface area contributed by atoms with Crippen molar-refractivity contribution in [2.24, 2.45) is 0 Å². The lowest BCUT2D eigenvalue weighted by Gasteiger charge is -2.12. The number of halogens is 2. The van der Waals surface area contributed by atoms with Crippen LogP contribution in [-0.2, 0) is 6.42 Å². The topological polar surface area (TPSA) is 9.23 Å². The molecule has 0 fully saturated rings. The summed E-state index contributed by atoms with van der Waals surface area (Å²) < 4.78 is 32.9. The van der Waals surface area contributed by atoms with E-state index < -0.39 is 11.6 Å². The van der Waals surface area contributed by atoms with Gasteiger partial charge in [-0.05, 0) is 53.6 Å². The average Bonchev–Trinajstić information content (AvgIpc) is 2.71. The first-order valence-electron chi connectivity index (χ1n) is 9.50. The Kier molecular flexibility index (Phi) is 6.59. The van der Waals surface area contributed by atoms with Crippen LogP contribution in [-0.4, -0.2) is 6.61 Å². The van der Waals surface area contributed by atoms with Crippen molar-refractivity contribution in [3.05, 3.63) is 101 Å². The Morgan fingerprint density at radius 3 is 2.07 bits per heavy atom. The highest BCUT2D eigenvalue weighted by Gasteiger charge is 2.11. The Morgan fingerprint density at radius 2 is 1.46 bits per heavy atom. The molecule has 0 N–H and O–H groups in total. The summed E-state index contributed by atoms with van der Waals surface area (Å²) in [6.07, 6.45) is 4.51. The molecule has 3 aromatic rings. The predicted octanol–water partition coefficient (Wildman–Crippen LogP) is 6.88. The van der Waals surface area contributed by atoms with E-state index >= 15 is 0 Å². The van der Waals surface area contributed by atoms with Crippen LogP contribution >= 0.6 is 0 Å². The van der Waals surface area contributed by atoms with Gasteiger partial charge in [-0.1, -0.05) is 73.7 Å². The van der Waals surface area contributed by atoms with Crippen molar-refractivity contribution in [2.75, 3.05) is 6.61 Å². The smallest absolute Gasteiger partial charge is 0.190 e. The highest BCUT2D eigenvalue weighted by molar-refractivity contribution is 5.70. The Balaban J connectivity index is 1.67. The maximum Gasteiger partial charge on any atom is 0.190 e. The van der Waals surface area contributed by atoms with E-state index in [-0.39, 0.29) is 12.4 Å². The third kappa shape index (κ3) is 5.07.